The fourth-order valence-corrected chi connectivity index (χ4v) is 1.71. The molecule has 2 aromatic rings. The molecule has 2 heterocycles. The van der Waals surface area contributed by atoms with Crippen molar-refractivity contribution in [2.45, 2.75) is 13.5 Å². The van der Waals surface area contributed by atoms with Crippen molar-refractivity contribution in [1.29, 1.82) is 0 Å². The molecule has 2 N–H and O–H groups in total. The second-order valence-corrected chi connectivity index (χ2v) is 4.08. The van der Waals surface area contributed by atoms with Gasteiger partial charge in [0.05, 0.1) is 17.2 Å². The minimum absolute atomic E-state index is 0.158. The van der Waals surface area contributed by atoms with Gasteiger partial charge >= 0.3 is 0 Å². The van der Waals surface area contributed by atoms with Gasteiger partial charge in [-0.3, -0.25) is 9.89 Å². The highest BCUT2D eigenvalue weighted by Gasteiger charge is 2.08. The number of rotatable bonds is 3. The van der Waals surface area contributed by atoms with Gasteiger partial charge < -0.3 is 5.32 Å². The first-order valence-corrected chi connectivity index (χ1v) is 5.32. The van der Waals surface area contributed by atoms with E-state index in [0.717, 1.165) is 10.7 Å². The maximum Gasteiger partial charge on any atom is 0.271 e. The average molecular weight is 222 g/mol. The number of H-pyrrole nitrogens is 1. The predicted molar refractivity (Wildman–Crippen MR) is 56.6 cm³/mol. The predicted octanol–water partition coefficient (Wildman–Crippen LogP) is 1.10. The lowest BCUT2D eigenvalue weighted by Gasteiger charge is -1.99. The zero-order chi connectivity index (χ0) is 10.7. The maximum atomic E-state index is 11.6. The molecule has 0 aliphatic carbocycles. The van der Waals surface area contributed by atoms with Gasteiger partial charge in [0, 0.05) is 11.6 Å². The minimum Gasteiger partial charge on any atom is -0.345 e. The summed E-state index contributed by atoms with van der Waals surface area (Å²) < 4.78 is 0. The maximum absolute atomic E-state index is 11.6. The molecule has 5 nitrogen and oxygen atoms in total. The third-order valence-electron chi connectivity index (χ3n) is 1.85. The lowest BCUT2D eigenvalue weighted by Crippen LogP contribution is -2.23. The molecule has 0 spiro atoms. The van der Waals surface area contributed by atoms with Crippen LogP contribution in [0, 0.1) is 6.92 Å². The van der Waals surface area contributed by atoms with Crippen molar-refractivity contribution < 1.29 is 4.79 Å². The van der Waals surface area contributed by atoms with Crippen LogP contribution in [0.2, 0.25) is 0 Å². The number of amides is 1. The molecule has 0 aliphatic rings. The van der Waals surface area contributed by atoms with E-state index in [0.29, 0.717) is 12.2 Å². The molecular weight excluding hydrogens is 212 g/mol. The van der Waals surface area contributed by atoms with Crippen molar-refractivity contribution in [3.63, 3.8) is 0 Å². The monoisotopic (exact) mass is 222 g/mol. The van der Waals surface area contributed by atoms with Crippen molar-refractivity contribution in [1.82, 2.24) is 20.5 Å². The van der Waals surface area contributed by atoms with Crippen LogP contribution in [0.3, 0.4) is 0 Å². The second kappa shape index (κ2) is 4.22. The molecule has 0 saturated heterocycles. The van der Waals surface area contributed by atoms with Crippen LogP contribution >= 0.6 is 11.3 Å². The summed E-state index contributed by atoms with van der Waals surface area (Å²) in [4.78, 5) is 15.6. The zero-order valence-electron chi connectivity index (χ0n) is 8.15. The Hall–Kier alpha value is -1.69. The van der Waals surface area contributed by atoms with Crippen molar-refractivity contribution in [3.8, 4) is 0 Å². The number of hydrogen-bond donors (Lipinski definition) is 2. The van der Waals surface area contributed by atoms with E-state index in [9.17, 15) is 4.79 Å². The lowest BCUT2D eigenvalue weighted by atomic mass is 10.4. The fourth-order valence-electron chi connectivity index (χ4n) is 1.12. The van der Waals surface area contributed by atoms with Gasteiger partial charge in [-0.2, -0.15) is 5.10 Å². The standard InChI is InChI=1S/C9H10N4OS/c1-6-12-8(5-15-6)9(14)10-4-7-2-3-11-13-7/h2-3,5H,4H2,1H3,(H,10,14)(H,11,13). The van der Waals surface area contributed by atoms with E-state index in [1.807, 2.05) is 13.0 Å². The molecule has 0 aromatic carbocycles. The van der Waals surface area contributed by atoms with Crippen LogP contribution in [0.5, 0.6) is 0 Å². The summed E-state index contributed by atoms with van der Waals surface area (Å²) in [5, 5.41) is 11.9. The molecule has 1 amide bonds. The zero-order valence-corrected chi connectivity index (χ0v) is 8.97. The Bertz CT molecular complexity index is 448. The van der Waals surface area contributed by atoms with E-state index in [2.05, 4.69) is 20.5 Å². The van der Waals surface area contributed by atoms with Crippen LogP contribution < -0.4 is 5.32 Å². The van der Waals surface area contributed by atoms with Gasteiger partial charge in [0.15, 0.2) is 0 Å². The molecule has 2 rings (SSSR count). The van der Waals surface area contributed by atoms with Crippen LogP contribution in [-0.2, 0) is 6.54 Å². The Morgan fingerprint density at radius 3 is 3.13 bits per heavy atom. The van der Waals surface area contributed by atoms with Crippen molar-refractivity contribution in [2.24, 2.45) is 0 Å². The normalized spacial score (nSPS) is 10.2. The van der Waals surface area contributed by atoms with Crippen LogP contribution in [0.15, 0.2) is 17.6 Å². The van der Waals surface area contributed by atoms with Gasteiger partial charge in [0.1, 0.15) is 5.69 Å². The largest absolute Gasteiger partial charge is 0.345 e. The van der Waals surface area contributed by atoms with Gasteiger partial charge in [-0.25, -0.2) is 4.98 Å². The Morgan fingerprint density at radius 1 is 1.67 bits per heavy atom. The van der Waals surface area contributed by atoms with E-state index >= 15 is 0 Å². The van der Waals surface area contributed by atoms with Crippen LogP contribution in [-0.4, -0.2) is 21.1 Å². The number of carbonyl (C=O) groups is 1. The van der Waals surface area contributed by atoms with Gasteiger partial charge in [-0.15, -0.1) is 11.3 Å². The Morgan fingerprint density at radius 2 is 2.53 bits per heavy atom. The quantitative estimate of drug-likeness (QED) is 0.817. The van der Waals surface area contributed by atoms with Crippen LogP contribution in [0.4, 0.5) is 0 Å². The third kappa shape index (κ3) is 2.41. The summed E-state index contributed by atoms with van der Waals surface area (Å²) in [6.45, 7) is 2.31. The van der Waals surface area contributed by atoms with E-state index < -0.39 is 0 Å². The molecule has 0 atom stereocenters. The average Bonchev–Trinajstić information content (AvgIpc) is 2.84. The molecule has 0 saturated carbocycles. The summed E-state index contributed by atoms with van der Waals surface area (Å²) >= 11 is 1.46. The number of aromatic nitrogens is 3. The summed E-state index contributed by atoms with van der Waals surface area (Å²) in [5.41, 5.74) is 1.34. The molecule has 0 unspecified atom stereocenters. The Labute approximate surface area is 90.6 Å². The number of nitrogens with zero attached hydrogens (tertiary/aromatic N) is 2. The molecule has 0 fully saturated rings. The van der Waals surface area contributed by atoms with Gasteiger partial charge in [-0.05, 0) is 13.0 Å². The van der Waals surface area contributed by atoms with Crippen molar-refractivity contribution in [2.75, 3.05) is 0 Å². The molecule has 78 valence electrons. The van der Waals surface area contributed by atoms with Crippen LogP contribution in [0.25, 0.3) is 0 Å². The van der Waals surface area contributed by atoms with Crippen molar-refractivity contribution in [3.05, 3.63) is 34.0 Å². The highest BCUT2D eigenvalue weighted by Crippen LogP contribution is 2.07. The molecular formula is C9H10N4OS. The first kappa shape index (κ1) is 9.85. The molecule has 6 heteroatoms. The first-order chi connectivity index (χ1) is 7.25. The smallest absolute Gasteiger partial charge is 0.271 e. The molecule has 0 bridgehead atoms. The van der Waals surface area contributed by atoms with Crippen LogP contribution in [0.1, 0.15) is 21.2 Å². The molecule has 0 aliphatic heterocycles. The Balaban J connectivity index is 1.93. The van der Waals surface area contributed by atoms with E-state index in [-0.39, 0.29) is 5.91 Å². The highest BCUT2D eigenvalue weighted by atomic mass is 32.1. The minimum atomic E-state index is -0.158. The van der Waals surface area contributed by atoms with E-state index in [4.69, 9.17) is 0 Å². The van der Waals surface area contributed by atoms with Gasteiger partial charge in [0.25, 0.3) is 5.91 Å². The SMILES string of the molecule is Cc1nc(C(=O)NCc2ccn[nH]2)cs1. The number of nitrogens with one attached hydrogen (secondary N) is 2. The molecule has 2 aromatic heterocycles. The fraction of sp³-hybridized carbons (Fsp3) is 0.222. The second-order valence-electron chi connectivity index (χ2n) is 3.02. The summed E-state index contributed by atoms with van der Waals surface area (Å²) in [5.74, 6) is -0.158. The topological polar surface area (TPSA) is 70.7 Å². The summed E-state index contributed by atoms with van der Waals surface area (Å²) in [7, 11) is 0. The van der Waals surface area contributed by atoms with Crippen molar-refractivity contribution >= 4 is 17.2 Å². The number of hydrogen-bond acceptors (Lipinski definition) is 4. The molecule has 0 radical (unpaired) electrons. The highest BCUT2D eigenvalue weighted by molar-refractivity contribution is 7.09. The summed E-state index contributed by atoms with van der Waals surface area (Å²) in [6, 6.07) is 1.81. The number of carbonyl (C=O) groups excluding carboxylic acids is 1. The van der Waals surface area contributed by atoms with E-state index in [1.165, 1.54) is 11.3 Å². The van der Waals surface area contributed by atoms with Gasteiger partial charge in [-0.1, -0.05) is 0 Å². The van der Waals surface area contributed by atoms with Gasteiger partial charge in [0.2, 0.25) is 0 Å². The number of thiazole rings is 1. The summed E-state index contributed by atoms with van der Waals surface area (Å²) in [6.07, 6.45) is 1.65. The number of aryl methyl sites for hydroxylation is 1. The molecule has 15 heavy (non-hydrogen) atoms. The lowest BCUT2D eigenvalue weighted by molar-refractivity contribution is 0.0946. The first-order valence-electron chi connectivity index (χ1n) is 4.44. The third-order valence-corrected chi connectivity index (χ3v) is 2.62. The van der Waals surface area contributed by atoms with E-state index in [1.54, 1.807) is 11.6 Å². The Kier molecular flexibility index (Phi) is 2.77. The number of aromatic amines is 1.